The van der Waals surface area contributed by atoms with E-state index in [1.807, 2.05) is 25.1 Å². The molecule has 0 saturated carbocycles. The fraction of sp³-hybridized carbons (Fsp3) is 0.250. The summed E-state index contributed by atoms with van der Waals surface area (Å²) in [4.78, 5) is 11.5. The van der Waals surface area contributed by atoms with Gasteiger partial charge in [-0.15, -0.1) is 0 Å². The van der Waals surface area contributed by atoms with E-state index in [4.69, 9.17) is 9.47 Å². The third kappa shape index (κ3) is 1.73. The first-order valence-electron chi connectivity index (χ1n) is 4.74. The summed E-state index contributed by atoms with van der Waals surface area (Å²) in [6.07, 6.45) is 3.88. The second-order valence-corrected chi connectivity index (χ2v) is 3.44. The molecule has 3 nitrogen and oxygen atoms in total. The van der Waals surface area contributed by atoms with Crippen molar-refractivity contribution >= 4 is 12.0 Å². The molecule has 0 N–H and O–H groups in total. The highest BCUT2D eigenvalue weighted by Gasteiger charge is 2.18. The topological polar surface area (TPSA) is 35.5 Å². The molecule has 0 bridgehead atoms. The van der Waals surface area contributed by atoms with Gasteiger partial charge in [-0.2, -0.15) is 0 Å². The molecule has 2 rings (SSSR count). The molecule has 0 radical (unpaired) electrons. The van der Waals surface area contributed by atoms with E-state index in [9.17, 15) is 4.79 Å². The summed E-state index contributed by atoms with van der Waals surface area (Å²) >= 11 is 0. The van der Waals surface area contributed by atoms with Gasteiger partial charge in [0.05, 0.1) is 7.11 Å². The van der Waals surface area contributed by atoms with Gasteiger partial charge in [-0.1, -0.05) is 6.08 Å². The van der Waals surface area contributed by atoms with Gasteiger partial charge in [0.15, 0.2) is 0 Å². The Bertz CT molecular complexity index is 433. The van der Waals surface area contributed by atoms with Gasteiger partial charge < -0.3 is 9.47 Å². The van der Waals surface area contributed by atoms with Gasteiger partial charge in [0.2, 0.25) is 0 Å². The number of carbonyl (C=O) groups excluding carboxylic acids is 1. The summed E-state index contributed by atoms with van der Waals surface area (Å²) in [5, 5.41) is 0. The third-order valence-corrected chi connectivity index (χ3v) is 2.29. The Balaban J connectivity index is 2.58. The Kier molecular flexibility index (Phi) is 2.46. The molecular formula is C12H12O3. The Morgan fingerprint density at radius 1 is 1.47 bits per heavy atom. The number of hydrogen-bond donors (Lipinski definition) is 0. The Morgan fingerprint density at radius 2 is 2.27 bits per heavy atom. The van der Waals surface area contributed by atoms with Crippen LogP contribution in [0.25, 0.3) is 6.08 Å². The lowest BCUT2D eigenvalue weighted by atomic mass is 10.0. The molecule has 1 heterocycles. The molecule has 0 aromatic heterocycles. The Labute approximate surface area is 88.3 Å². The number of fused-ring (bicyclic) bond motifs is 1. The van der Waals surface area contributed by atoms with Crippen molar-refractivity contribution in [2.75, 3.05) is 13.7 Å². The third-order valence-electron chi connectivity index (χ3n) is 2.29. The maximum atomic E-state index is 11.5. The van der Waals surface area contributed by atoms with Gasteiger partial charge in [-0.25, -0.2) is 4.79 Å². The highest BCUT2D eigenvalue weighted by Crippen LogP contribution is 2.30. The molecule has 3 heteroatoms. The average molecular weight is 204 g/mol. The van der Waals surface area contributed by atoms with Gasteiger partial charge in [0.1, 0.15) is 17.9 Å². The lowest BCUT2D eigenvalue weighted by molar-refractivity contribution is 0.0596. The number of aryl methyl sites for hydroxylation is 1. The van der Waals surface area contributed by atoms with E-state index >= 15 is 0 Å². The lowest BCUT2D eigenvalue weighted by Crippen LogP contribution is -2.09. The van der Waals surface area contributed by atoms with Crippen LogP contribution >= 0.6 is 0 Å². The Hall–Kier alpha value is -1.77. The number of benzene rings is 1. The van der Waals surface area contributed by atoms with Crippen molar-refractivity contribution in [2.45, 2.75) is 6.92 Å². The summed E-state index contributed by atoms with van der Waals surface area (Å²) in [5.41, 5.74) is 2.45. The molecule has 1 aliphatic heterocycles. The molecule has 1 aromatic carbocycles. The van der Waals surface area contributed by atoms with Crippen LogP contribution in [0.1, 0.15) is 21.5 Å². The fourth-order valence-corrected chi connectivity index (χ4v) is 1.65. The lowest BCUT2D eigenvalue weighted by Gasteiger charge is -2.16. The van der Waals surface area contributed by atoms with Crippen LogP contribution in [0.5, 0.6) is 5.75 Å². The molecule has 1 aromatic rings. The summed E-state index contributed by atoms with van der Waals surface area (Å²) in [7, 11) is 1.37. The maximum Gasteiger partial charge on any atom is 0.341 e. The highest BCUT2D eigenvalue weighted by atomic mass is 16.5. The minimum atomic E-state index is -0.356. The van der Waals surface area contributed by atoms with E-state index in [0.29, 0.717) is 17.9 Å². The highest BCUT2D eigenvalue weighted by molar-refractivity contribution is 5.94. The molecule has 15 heavy (non-hydrogen) atoms. The summed E-state index contributed by atoms with van der Waals surface area (Å²) in [6.45, 7) is 2.44. The first kappa shape index (κ1) is 9.77. The SMILES string of the molecule is COC(=O)c1cc(C)cc2c1OCC=C2. The van der Waals surface area contributed by atoms with Gasteiger partial charge in [0.25, 0.3) is 0 Å². The van der Waals surface area contributed by atoms with E-state index in [1.165, 1.54) is 7.11 Å². The zero-order chi connectivity index (χ0) is 10.8. The number of ether oxygens (including phenoxy) is 2. The summed E-state index contributed by atoms with van der Waals surface area (Å²) in [6, 6.07) is 3.77. The number of esters is 1. The zero-order valence-electron chi connectivity index (χ0n) is 8.74. The monoisotopic (exact) mass is 204 g/mol. The maximum absolute atomic E-state index is 11.5. The Morgan fingerprint density at radius 3 is 3.00 bits per heavy atom. The van der Waals surface area contributed by atoms with Crippen molar-refractivity contribution in [1.82, 2.24) is 0 Å². The second kappa shape index (κ2) is 3.77. The largest absolute Gasteiger partial charge is 0.488 e. The van der Waals surface area contributed by atoms with Crippen LogP contribution in [0.3, 0.4) is 0 Å². The van der Waals surface area contributed by atoms with Crippen LogP contribution in [0.2, 0.25) is 0 Å². The van der Waals surface area contributed by atoms with E-state index in [-0.39, 0.29) is 5.97 Å². The van der Waals surface area contributed by atoms with Crippen LogP contribution in [0, 0.1) is 6.92 Å². The molecule has 0 aliphatic carbocycles. The summed E-state index contributed by atoms with van der Waals surface area (Å²) < 4.78 is 10.2. The zero-order valence-corrected chi connectivity index (χ0v) is 8.74. The second-order valence-electron chi connectivity index (χ2n) is 3.44. The predicted octanol–water partition coefficient (Wildman–Crippen LogP) is 2.19. The molecule has 0 fully saturated rings. The van der Waals surface area contributed by atoms with Crippen LogP contribution in [0.15, 0.2) is 18.2 Å². The molecule has 0 unspecified atom stereocenters. The van der Waals surface area contributed by atoms with Gasteiger partial charge >= 0.3 is 5.97 Å². The van der Waals surface area contributed by atoms with Crippen molar-refractivity contribution in [3.05, 3.63) is 34.9 Å². The van der Waals surface area contributed by atoms with E-state index in [2.05, 4.69) is 0 Å². The van der Waals surface area contributed by atoms with Gasteiger partial charge in [-0.05, 0) is 30.7 Å². The molecule has 1 aliphatic rings. The minimum absolute atomic E-state index is 0.356. The normalized spacial score (nSPS) is 12.9. The van der Waals surface area contributed by atoms with Crippen LogP contribution in [-0.4, -0.2) is 19.7 Å². The van der Waals surface area contributed by atoms with Crippen LogP contribution in [-0.2, 0) is 4.74 Å². The van der Waals surface area contributed by atoms with Crippen LogP contribution in [0.4, 0.5) is 0 Å². The molecule has 0 atom stereocenters. The summed E-state index contributed by atoms with van der Waals surface area (Å²) in [5.74, 6) is 0.264. The van der Waals surface area contributed by atoms with E-state index in [1.54, 1.807) is 6.07 Å². The quantitative estimate of drug-likeness (QED) is 0.658. The molecule has 0 saturated heterocycles. The first-order chi connectivity index (χ1) is 7.22. The smallest absolute Gasteiger partial charge is 0.341 e. The predicted molar refractivity (Wildman–Crippen MR) is 57.0 cm³/mol. The number of rotatable bonds is 1. The molecular weight excluding hydrogens is 192 g/mol. The fourth-order valence-electron chi connectivity index (χ4n) is 1.65. The number of methoxy groups -OCH3 is 1. The van der Waals surface area contributed by atoms with E-state index in [0.717, 1.165) is 11.1 Å². The average Bonchev–Trinajstić information content (AvgIpc) is 2.26. The van der Waals surface area contributed by atoms with Crippen molar-refractivity contribution < 1.29 is 14.3 Å². The number of hydrogen-bond acceptors (Lipinski definition) is 3. The van der Waals surface area contributed by atoms with Crippen molar-refractivity contribution in [3.63, 3.8) is 0 Å². The van der Waals surface area contributed by atoms with Crippen LogP contribution < -0.4 is 4.74 Å². The standard InChI is InChI=1S/C12H12O3/c1-8-6-9-4-3-5-15-11(9)10(7-8)12(13)14-2/h3-4,6-7H,5H2,1-2H3. The van der Waals surface area contributed by atoms with Gasteiger partial charge in [-0.3, -0.25) is 0 Å². The van der Waals surface area contributed by atoms with E-state index < -0.39 is 0 Å². The molecule has 0 amide bonds. The van der Waals surface area contributed by atoms with Crippen molar-refractivity contribution in [2.24, 2.45) is 0 Å². The van der Waals surface area contributed by atoms with Crippen molar-refractivity contribution in [3.8, 4) is 5.75 Å². The van der Waals surface area contributed by atoms with Crippen molar-refractivity contribution in [1.29, 1.82) is 0 Å². The molecule has 78 valence electrons. The first-order valence-corrected chi connectivity index (χ1v) is 4.74. The van der Waals surface area contributed by atoms with Gasteiger partial charge in [0, 0.05) is 5.56 Å². The minimum Gasteiger partial charge on any atom is -0.488 e. The molecule has 0 spiro atoms. The number of carbonyl (C=O) groups is 1.